The number of carbonyl (C=O) groups excluding carboxylic acids is 1. The molecule has 39 heavy (non-hydrogen) atoms. The lowest BCUT2D eigenvalue weighted by molar-refractivity contribution is -0.137. The number of anilines is 1. The Morgan fingerprint density at radius 1 is 1.03 bits per heavy atom. The molecule has 3 aromatic rings. The van der Waals surface area contributed by atoms with Gasteiger partial charge in [0.25, 0.3) is 15.9 Å². The van der Waals surface area contributed by atoms with Gasteiger partial charge in [0.2, 0.25) is 0 Å². The van der Waals surface area contributed by atoms with Crippen molar-refractivity contribution in [1.82, 2.24) is 4.90 Å². The van der Waals surface area contributed by atoms with Crippen molar-refractivity contribution in [3.8, 4) is 22.9 Å². The van der Waals surface area contributed by atoms with Gasteiger partial charge in [-0.3, -0.25) is 4.79 Å². The molecule has 0 fully saturated rings. The first-order chi connectivity index (χ1) is 18.3. The third kappa shape index (κ3) is 5.78. The maximum Gasteiger partial charge on any atom is 0.416 e. The molecule has 4 rings (SSSR count). The van der Waals surface area contributed by atoms with E-state index in [1.165, 1.54) is 18.2 Å². The maximum absolute atomic E-state index is 14.1. The molecule has 0 radical (unpaired) electrons. The summed E-state index contributed by atoms with van der Waals surface area (Å²) in [5.74, 6) is -2.10. The van der Waals surface area contributed by atoms with Crippen LogP contribution in [0.1, 0.15) is 22.3 Å². The molecule has 3 aromatic carbocycles. The van der Waals surface area contributed by atoms with Crippen LogP contribution in [-0.2, 0) is 16.2 Å². The molecule has 1 heterocycles. The molecule has 0 aliphatic carbocycles. The van der Waals surface area contributed by atoms with Crippen molar-refractivity contribution < 1.29 is 44.3 Å². The zero-order chi connectivity index (χ0) is 28.5. The van der Waals surface area contributed by atoms with E-state index in [2.05, 4.69) is 4.74 Å². The Kier molecular flexibility index (Phi) is 7.47. The number of fused-ring (bicyclic) bond motifs is 1. The standard InChI is InChI=1S/C25H17F6N3O4S/c26-18-9-16(10-19(13-18)38-24(27)28)15-5-6-21-22(11-15)34(14-33(23(21)35)8-2-7-32)39(36,37)20-4-1-3-17(12-20)25(29,30)31/h1,3-6,9-13,24H,2,8,14H2. The minimum Gasteiger partial charge on any atom is -0.435 e. The van der Waals surface area contributed by atoms with Gasteiger partial charge in [-0.25, -0.2) is 17.1 Å². The lowest BCUT2D eigenvalue weighted by Gasteiger charge is -2.37. The van der Waals surface area contributed by atoms with Gasteiger partial charge in [-0.15, -0.1) is 0 Å². The van der Waals surface area contributed by atoms with Crippen LogP contribution in [0.25, 0.3) is 11.1 Å². The lowest BCUT2D eigenvalue weighted by atomic mass is 10.00. The van der Waals surface area contributed by atoms with Gasteiger partial charge in [-0.2, -0.15) is 27.2 Å². The van der Waals surface area contributed by atoms with Gasteiger partial charge in [0, 0.05) is 12.6 Å². The van der Waals surface area contributed by atoms with E-state index >= 15 is 0 Å². The number of ether oxygens (including phenoxy) is 1. The van der Waals surface area contributed by atoms with E-state index in [-0.39, 0.29) is 35.3 Å². The van der Waals surface area contributed by atoms with Crippen molar-refractivity contribution in [2.24, 2.45) is 0 Å². The van der Waals surface area contributed by atoms with Gasteiger partial charge in [0.15, 0.2) is 0 Å². The molecule has 0 bridgehead atoms. The number of halogens is 6. The molecule has 1 aliphatic heterocycles. The monoisotopic (exact) mass is 569 g/mol. The second-order valence-electron chi connectivity index (χ2n) is 8.28. The fourth-order valence-corrected chi connectivity index (χ4v) is 5.47. The molecule has 0 saturated carbocycles. The summed E-state index contributed by atoms with van der Waals surface area (Å²) < 4.78 is 112. The van der Waals surface area contributed by atoms with Crippen molar-refractivity contribution in [1.29, 1.82) is 5.26 Å². The van der Waals surface area contributed by atoms with E-state index in [1.807, 2.05) is 6.07 Å². The Labute approximate surface area is 218 Å². The molecule has 1 aliphatic rings. The zero-order valence-electron chi connectivity index (χ0n) is 19.6. The van der Waals surface area contributed by atoms with Crippen LogP contribution in [-0.4, -0.2) is 39.0 Å². The largest absolute Gasteiger partial charge is 0.435 e. The number of rotatable bonds is 7. The number of hydrogen-bond acceptors (Lipinski definition) is 5. The average Bonchev–Trinajstić information content (AvgIpc) is 2.86. The van der Waals surface area contributed by atoms with Crippen molar-refractivity contribution in [2.75, 3.05) is 17.5 Å². The Hall–Kier alpha value is -4.25. The fourth-order valence-electron chi connectivity index (χ4n) is 3.99. The molecule has 14 heteroatoms. The van der Waals surface area contributed by atoms with Gasteiger partial charge in [0.1, 0.15) is 18.2 Å². The fraction of sp³-hybridized carbons (Fsp3) is 0.200. The van der Waals surface area contributed by atoms with Crippen LogP contribution in [0, 0.1) is 17.1 Å². The number of nitriles is 1. The minimum atomic E-state index is -4.83. The van der Waals surface area contributed by atoms with Crippen LogP contribution in [0.3, 0.4) is 0 Å². The summed E-state index contributed by atoms with van der Waals surface area (Å²) in [4.78, 5) is 13.4. The van der Waals surface area contributed by atoms with Crippen molar-refractivity contribution in [3.63, 3.8) is 0 Å². The number of carbonyl (C=O) groups is 1. The van der Waals surface area contributed by atoms with Gasteiger partial charge in [0.05, 0.1) is 34.2 Å². The molecule has 204 valence electrons. The van der Waals surface area contributed by atoms with Crippen LogP contribution >= 0.6 is 0 Å². The highest BCUT2D eigenvalue weighted by Gasteiger charge is 2.38. The van der Waals surface area contributed by atoms with E-state index in [4.69, 9.17) is 5.26 Å². The van der Waals surface area contributed by atoms with E-state index < -0.39 is 57.4 Å². The highest BCUT2D eigenvalue weighted by Crippen LogP contribution is 2.38. The molecule has 0 saturated heterocycles. The summed E-state index contributed by atoms with van der Waals surface area (Å²) >= 11 is 0. The minimum absolute atomic E-state index is 0.00391. The Morgan fingerprint density at radius 2 is 1.77 bits per heavy atom. The zero-order valence-corrected chi connectivity index (χ0v) is 20.4. The van der Waals surface area contributed by atoms with E-state index in [9.17, 15) is 39.6 Å². The van der Waals surface area contributed by atoms with Crippen LogP contribution in [0.5, 0.6) is 5.75 Å². The molecule has 7 nitrogen and oxygen atoms in total. The number of hydrogen-bond donors (Lipinski definition) is 0. The smallest absolute Gasteiger partial charge is 0.416 e. The molecule has 0 N–H and O–H groups in total. The topological polar surface area (TPSA) is 90.7 Å². The van der Waals surface area contributed by atoms with Crippen molar-refractivity contribution >= 4 is 21.6 Å². The second kappa shape index (κ2) is 10.5. The first kappa shape index (κ1) is 27.8. The van der Waals surface area contributed by atoms with E-state index in [1.54, 1.807) is 0 Å². The van der Waals surface area contributed by atoms with Gasteiger partial charge in [-0.05, 0) is 53.6 Å². The summed E-state index contributed by atoms with van der Waals surface area (Å²) in [5.41, 5.74) is -1.49. The maximum atomic E-state index is 14.1. The second-order valence-corrected chi connectivity index (χ2v) is 10.1. The molecular weight excluding hydrogens is 552 g/mol. The third-order valence-corrected chi connectivity index (χ3v) is 7.50. The number of alkyl halides is 5. The average molecular weight is 569 g/mol. The molecule has 0 unspecified atom stereocenters. The quantitative estimate of drug-likeness (QED) is 0.344. The van der Waals surface area contributed by atoms with Gasteiger partial charge in [-0.1, -0.05) is 12.1 Å². The van der Waals surface area contributed by atoms with Crippen molar-refractivity contribution in [3.05, 3.63) is 77.6 Å². The predicted molar refractivity (Wildman–Crippen MR) is 126 cm³/mol. The highest BCUT2D eigenvalue weighted by atomic mass is 32.2. The third-order valence-electron chi connectivity index (χ3n) is 5.76. The Bertz CT molecular complexity index is 1570. The normalized spacial score (nSPS) is 13.8. The number of sulfonamides is 1. The Balaban J connectivity index is 1.87. The first-order valence-corrected chi connectivity index (χ1v) is 12.5. The van der Waals surface area contributed by atoms with Crippen LogP contribution in [0.4, 0.5) is 32.0 Å². The number of amides is 1. The first-order valence-electron chi connectivity index (χ1n) is 11.1. The van der Waals surface area contributed by atoms with Crippen LogP contribution in [0.2, 0.25) is 0 Å². The summed E-state index contributed by atoms with van der Waals surface area (Å²) in [6, 6.07) is 11.4. The molecule has 0 atom stereocenters. The molecular formula is C25H17F6N3O4S. The van der Waals surface area contributed by atoms with E-state index in [0.717, 1.165) is 35.2 Å². The molecule has 0 spiro atoms. The lowest BCUT2D eigenvalue weighted by Crippen LogP contribution is -2.49. The predicted octanol–water partition coefficient (Wildman–Crippen LogP) is 5.64. The highest BCUT2D eigenvalue weighted by molar-refractivity contribution is 7.92. The summed E-state index contributed by atoms with van der Waals surface area (Å²) in [7, 11) is -4.71. The Morgan fingerprint density at radius 3 is 2.44 bits per heavy atom. The molecule has 0 aromatic heterocycles. The molecule has 1 amide bonds. The van der Waals surface area contributed by atoms with Crippen LogP contribution in [0.15, 0.2) is 65.6 Å². The number of nitrogens with zero attached hydrogens (tertiary/aromatic N) is 3. The summed E-state index contributed by atoms with van der Waals surface area (Å²) in [6.45, 7) is -4.03. The van der Waals surface area contributed by atoms with Crippen molar-refractivity contribution in [2.45, 2.75) is 24.1 Å². The van der Waals surface area contributed by atoms with Gasteiger partial charge < -0.3 is 9.64 Å². The van der Waals surface area contributed by atoms with Crippen LogP contribution < -0.4 is 9.04 Å². The SMILES string of the molecule is N#CCCN1CN(S(=O)(=O)c2cccc(C(F)(F)F)c2)c2cc(-c3cc(F)cc(OC(F)F)c3)ccc2C1=O. The summed E-state index contributed by atoms with van der Waals surface area (Å²) in [6.07, 6.45) is -4.98. The van der Waals surface area contributed by atoms with Gasteiger partial charge >= 0.3 is 12.8 Å². The summed E-state index contributed by atoms with van der Waals surface area (Å²) in [5, 5.41) is 8.94. The number of benzene rings is 3. The van der Waals surface area contributed by atoms with E-state index in [0.29, 0.717) is 16.4 Å².